The van der Waals surface area contributed by atoms with Crippen LogP contribution < -0.4 is 5.32 Å². The summed E-state index contributed by atoms with van der Waals surface area (Å²) in [7, 11) is 0. The maximum Gasteiger partial charge on any atom is 0.224 e. The number of likely N-dealkylation sites (tertiary alicyclic amines) is 1. The van der Waals surface area contributed by atoms with Crippen LogP contribution in [0.2, 0.25) is 10.0 Å². The zero-order chi connectivity index (χ0) is 17.6. The summed E-state index contributed by atoms with van der Waals surface area (Å²) < 4.78 is 0. The van der Waals surface area contributed by atoms with Gasteiger partial charge in [-0.3, -0.25) is 9.69 Å². The minimum absolute atomic E-state index is 0.00137. The van der Waals surface area contributed by atoms with Gasteiger partial charge in [-0.2, -0.15) is 0 Å². The zero-order valence-corrected chi connectivity index (χ0v) is 15.6. The van der Waals surface area contributed by atoms with Crippen LogP contribution in [0.25, 0.3) is 0 Å². The number of carbonyl (C=O) groups excluding carboxylic acids is 1. The molecule has 1 aliphatic heterocycles. The van der Waals surface area contributed by atoms with Crippen molar-refractivity contribution in [2.45, 2.75) is 25.3 Å². The molecule has 2 aromatic carbocycles. The Hall–Kier alpha value is -1.55. The Labute approximate surface area is 158 Å². The average Bonchev–Trinajstić information content (AvgIpc) is 3.14. The van der Waals surface area contributed by atoms with E-state index >= 15 is 0 Å². The third-order valence-electron chi connectivity index (χ3n) is 4.61. The normalized spacial score (nSPS) is 15.9. The number of rotatable bonds is 6. The molecular formula is C20H22Cl2N2O. The third kappa shape index (κ3) is 4.97. The van der Waals surface area contributed by atoms with Crippen molar-refractivity contribution in [2.24, 2.45) is 0 Å². The highest BCUT2D eigenvalue weighted by Crippen LogP contribution is 2.25. The molecule has 1 heterocycles. The summed E-state index contributed by atoms with van der Waals surface area (Å²) in [5, 5.41) is 4.07. The quantitative estimate of drug-likeness (QED) is 0.805. The molecule has 0 aromatic heterocycles. The highest BCUT2D eigenvalue weighted by molar-refractivity contribution is 6.42. The van der Waals surface area contributed by atoms with Gasteiger partial charge < -0.3 is 5.32 Å². The highest BCUT2D eigenvalue weighted by Gasteiger charge is 2.23. The molecule has 0 radical (unpaired) electrons. The first-order chi connectivity index (χ1) is 12.1. The maximum atomic E-state index is 12.4. The third-order valence-corrected chi connectivity index (χ3v) is 5.35. The average molecular weight is 377 g/mol. The maximum absolute atomic E-state index is 12.4. The highest BCUT2D eigenvalue weighted by atomic mass is 35.5. The van der Waals surface area contributed by atoms with Crippen molar-refractivity contribution in [3.05, 3.63) is 69.7 Å². The van der Waals surface area contributed by atoms with Crippen molar-refractivity contribution in [2.75, 3.05) is 19.6 Å². The molecule has 132 valence electrons. The minimum Gasteiger partial charge on any atom is -0.354 e. The Morgan fingerprint density at radius 3 is 2.44 bits per heavy atom. The Morgan fingerprint density at radius 2 is 1.76 bits per heavy atom. The van der Waals surface area contributed by atoms with Crippen LogP contribution in [-0.4, -0.2) is 30.4 Å². The van der Waals surface area contributed by atoms with Crippen molar-refractivity contribution in [1.29, 1.82) is 0 Å². The first-order valence-corrected chi connectivity index (χ1v) is 9.38. The van der Waals surface area contributed by atoms with Crippen LogP contribution in [0.15, 0.2) is 48.5 Å². The lowest BCUT2D eigenvalue weighted by atomic mass is 10.1. The molecular weight excluding hydrogens is 355 g/mol. The van der Waals surface area contributed by atoms with E-state index in [2.05, 4.69) is 34.5 Å². The van der Waals surface area contributed by atoms with Gasteiger partial charge in [-0.15, -0.1) is 0 Å². The van der Waals surface area contributed by atoms with Crippen LogP contribution in [0.5, 0.6) is 0 Å². The van der Waals surface area contributed by atoms with Crippen LogP contribution in [0.1, 0.15) is 30.0 Å². The second-order valence-electron chi connectivity index (χ2n) is 6.40. The van der Waals surface area contributed by atoms with Gasteiger partial charge in [0.2, 0.25) is 5.91 Å². The van der Waals surface area contributed by atoms with E-state index in [-0.39, 0.29) is 11.9 Å². The van der Waals surface area contributed by atoms with E-state index in [1.54, 1.807) is 12.1 Å². The summed E-state index contributed by atoms with van der Waals surface area (Å²) >= 11 is 11.9. The van der Waals surface area contributed by atoms with Crippen molar-refractivity contribution in [1.82, 2.24) is 10.2 Å². The van der Waals surface area contributed by atoms with Gasteiger partial charge in [0.1, 0.15) is 0 Å². The molecule has 2 aromatic rings. The monoisotopic (exact) mass is 376 g/mol. The van der Waals surface area contributed by atoms with E-state index < -0.39 is 0 Å². The van der Waals surface area contributed by atoms with E-state index in [4.69, 9.17) is 23.2 Å². The Bertz CT molecular complexity index is 715. The predicted octanol–water partition coefficient (Wildman–Crippen LogP) is 4.49. The zero-order valence-electron chi connectivity index (χ0n) is 14.1. The number of nitrogens with one attached hydrogen (secondary N) is 1. The molecule has 1 saturated heterocycles. The molecule has 1 N–H and O–H groups in total. The van der Waals surface area contributed by atoms with Gasteiger partial charge >= 0.3 is 0 Å². The largest absolute Gasteiger partial charge is 0.354 e. The Kier molecular flexibility index (Phi) is 6.35. The van der Waals surface area contributed by atoms with Crippen LogP contribution in [0.3, 0.4) is 0 Å². The number of halogens is 2. The van der Waals surface area contributed by atoms with Crippen molar-refractivity contribution in [3.8, 4) is 0 Å². The molecule has 0 spiro atoms. The number of nitrogens with zero attached hydrogens (tertiary/aromatic N) is 1. The van der Waals surface area contributed by atoms with Gasteiger partial charge in [-0.1, -0.05) is 59.6 Å². The van der Waals surface area contributed by atoms with Crippen LogP contribution >= 0.6 is 23.2 Å². The molecule has 1 aliphatic rings. The lowest BCUT2D eigenvalue weighted by Gasteiger charge is -2.28. The molecule has 25 heavy (non-hydrogen) atoms. The molecule has 0 saturated carbocycles. The van der Waals surface area contributed by atoms with Gasteiger partial charge in [0.25, 0.3) is 0 Å². The molecule has 1 amide bonds. The van der Waals surface area contributed by atoms with Gasteiger partial charge in [-0.25, -0.2) is 0 Å². The molecule has 1 unspecified atom stereocenters. The number of benzene rings is 2. The van der Waals surface area contributed by atoms with Gasteiger partial charge in [-0.05, 0) is 49.2 Å². The number of hydrogen-bond donors (Lipinski definition) is 1. The first-order valence-electron chi connectivity index (χ1n) is 8.63. The summed E-state index contributed by atoms with van der Waals surface area (Å²) in [6.07, 6.45) is 2.75. The van der Waals surface area contributed by atoms with Crippen molar-refractivity contribution >= 4 is 29.1 Å². The van der Waals surface area contributed by atoms with Crippen molar-refractivity contribution < 1.29 is 4.79 Å². The van der Waals surface area contributed by atoms with Gasteiger partial charge in [0.05, 0.1) is 22.5 Å². The lowest BCUT2D eigenvalue weighted by Crippen LogP contribution is -2.37. The van der Waals surface area contributed by atoms with Gasteiger partial charge in [0.15, 0.2) is 0 Å². The van der Waals surface area contributed by atoms with Crippen LogP contribution in [0.4, 0.5) is 0 Å². The van der Waals surface area contributed by atoms with E-state index in [9.17, 15) is 4.79 Å². The minimum atomic E-state index is -0.00137. The molecule has 1 fully saturated rings. The first kappa shape index (κ1) is 18.2. The Morgan fingerprint density at radius 1 is 1.04 bits per heavy atom. The number of hydrogen-bond acceptors (Lipinski definition) is 2. The van der Waals surface area contributed by atoms with E-state index in [1.807, 2.05) is 12.1 Å². The molecule has 1 atom stereocenters. The molecule has 0 aliphatic carbocycles. The summed E-state index contributed by atoms with van der Waals surface area (Å²) in [4.78, 5) is 14.8. The molecule has 5 heteroatoms. The fraction of sp³-hybridized carbons (Fsp3) is 0.350. The standard InChI is InChI=1S/C20H22Cl2N2O/c21-17-9-8-15(12-18(17)22)13-20(25)23-14-19(24-10-4-5-11-24)16-6-2-1-3-7-16/h1-3,6-9,12,19H,4-5,10-11,13-14H2,(H,23,25). The SMILES string of the molecule is O=C(Cc1ccc(Cl)c(Cl)c1)NCC(c1ccccc1)N1CCCC1. The Balaban J connectivity index is 1.62. The fourth-order valence-corrected chi connectivity index (χ4v) is 3.61. The number of carbonyl (C=O) groups is 1. The number of amides is 1. The van der Waals surface area contributed by atoms with Crippen LogP contribution in [0, 0.1) is 0 Å². The lowest BCUT2D eigenvalue weighted by molar-refractivity contribution is -0.120. The van der Waals surface area contributed by atoms with E-state index in [1.165, 1.54) is 18.4 Å². The molecule has 3 rings (SSSR count). The topological polar surface area (TPSA) is 32.3 Å². The molecule has 3 nitrogen and oxygen atoms in total. The predicted molar refractivity (Wildman–Crippen MR) is 103 cm³/mol. The molecule has 0 bridgehead atoms. The summed E-state index contributed by atoms with van der Waals surface area (Å²) in [5.74, 6) is -0.00137. The summed E-state index contributed by atoms with van der Waals surface area (Å²) in [5.41, 5.74) is 2.11. The van der Waals surface area contributed by atoms with Crippen LogP contribution in [-0.2, 0) is 11.2 Å². The second kappa shape index (κ2) is 8.70. The van der Waals surface area contributed by atoms with Gasteiger partial charge in [0, 0.05) is 6.54 Å². The second-order valence-corrected chi connectivity index (χ2v) is 7.21. The van der Waals surface area contributed by atoms with E-state index in [0.29, 0.717) is 23.0 Å². The summed E-state index contributed by atoms with van der Waals surface area (Å²) in [6, 6.07) is 15.9. The smallest absolute Gasteiger partial charge is 0.224 e. The van der Waals surface area contributed by atoms with E-state index in [0.717, 1.165) is 18.7 Å². The fourth-order valence-electron chi connectivity index (χ4n) is 3.29. The van der Waals surface area contributed by atoms with Crippen molar-refractivity contribution in [3.63, 3.8) is 0 Å². The summed E-state index contributed by atoms with van der Waals surface area (Å²) in [6.45, 7) is 2.79.